The van der Waals surface area contributed by atoms with Gasteiger partial charge >= 0.3 is 0 Å². The molecule has 0 bridgehead atoms. The predicted octanol–water partition coefficient (Wildman–Crippen LogP) is 3.07. The van der Waals surface area contributed by atoms with Gasteiger partial charge in [0.2, 0.25) is 0 Å². The molecule has 0 aliphatic rings. The van der Waals surface area contributed by atoms with E-state index >= 15 is 0 Å². The lowest BCUT2D eigenvalue weighted by Gasteiger charge is -2.06. The maximum Gasteiger partial charge on any atom is 0.120 e. The third-order valence-corrected chi connectivity index (χ3v) is 3.50. The van der Waals surface area contributed by atoms with E-state index in [2.05, 4.69) is 44.6 Å². The fourth-order valence-electron chi connectivity index (χ4n) is 0.952. The molecule has 0 aliphatic heterocycles. The van der Waals surface area contributed by atoms with E-state index < -0.39 is 0 Å². The maximum atomic E-state index is 8.83. The number of hydrogen-bond acceptors (Lipinski definition) is 2. The minimum Gasteiger partial charge on any atom is -0.497 e. The standard InChI is InChI=1S/C9H7BrINO/c1-13-8-2-6(4-10)9(11)7(3-8)5-12/h2-3H,4H2,1H3. The van der Waals surface area contributed by atoms with Crippen LogP contribution in [0.2, 0.25) is 0 Å². The summed E-state index contributed by atoms with van der Waals surface area (Å²) in [5, 5.41) is 9.57. The summed E-state index contributed by atoms with van der Waals surface area (Å²) < 4.78 is 6.06. The number of halogens is 2. The highest BCUT2D eigenvalue weighted by molar-refractivity contribution is 14.1. The quantitative estimate of drug-likeness (QED) is 0.606. The molecule has 68 valence electrons. The minimum atomic E-state index is 0.661. The van der Waals surface area contributed by atoms with Crippen LogP contribution in [0.15, 0.2) is 12.1 Å². The molecule has 0 radical (unpaired) electrons. The Balaban J connectivity index is 3.31. The van der Waals surface area contributed by atoms with Gasteiger partial charge in [-0.3, -0.25) is 0 Å². The Hall–Kier alpha value is -0.280. The van der Waals surface area contributed by atoms with Crippen LogP contribution in [0.5, 0.6) is 5.75 Å². The largest absolute Gasteiger partial charge is 0.497 e. The van der Waals surface area contributed by atoms with E-state index in [-0.39, 0.29) is 0 Å². The molecule has 1 aromatic rings. The van der Waals surface area contributed by atoms with Gasteiger partial charge in [-0.05, 0) is 40.3 Å². The van der Waals surface area contributed by atoms with Crippen LogP contribution in [-0.4, -0.2) is 7.11 Å². The summed E-state index contributed by atoms with van der Waals surface area (Å²) in [6, 6.07) is 5.81. The predicted molar refractivity (Wildman–Crippen MR) is 63.1 cm³/mol. The fourth-order valence-corrected chi connectivity index (χ4v) is 2.54. The Bertz CT molecular complexity index is 359. The van der Waals surface area contributed by atoms with Gasteiger partial charge in [0.25, 0.3) is 0 Å². The highest BCUT2D eigenvalue weighted by Gasteiger charge is 2.07. The van der Waals surface area contributed by atoms with Crippen molar-refractivity contribution in [3.8, 4) is 11.8 Å². The van der Waals surface area contributed by atoms with Crippen molar-refractivity contribution in [1.82, 2.24) is 0 Å². The molecule has 4 heteroatoms. The van der Waals surface area contributed by atoms with E-state index in [1.165, 1.54) is 0 Å². The molecule has 0 N–H and O–H groups in total. The van der Waals surface area contributed by atoms with Crippen molar-refractivity contribution in [1.29, 1.82) is 5.26 Å². The Morgan fingerprint density at radius 3 is 2.77 bits per heavy atom. The lowest BCUT2D eigenvalue weighted by molar-refractivity contribution is 0.414. The summed E-state index contributed by atoms with van der Waals surface area (Å²) in [5.74, 6) is 0.728. The van der Waals surface area contributed by atoms with Gasteiger partial charge in [-0.25, -0.2) is 0 Å². The van der Waals surface area contributed by atoms with Crippen LogP contribution >= 0.6 is 38.5 Å². The lowest BCUT2D eigenvalue weighted by atomic mass is 10.1. The highest BCUT2D eigenvalue weighted by atomic mass is 127. The molecule has 0 heterocycles. The lowest BCUT2D eigenvalue weighted by Crippen LogP contribution is -1.92. The van der Waals surface area contributed by atoms with Crippen molar-refractivity contribution >= 4 is 38.5 Å². The Morgan fingerprint density at radius 1 is 1.62 bits per heavy atom. The molecule has 0 aromatic heterocycles. The summed E-state index contributed by atoms with van der Waals surface area (Å²) in [6.45, 7) is 0. The van der Waals surface area contributed by atoms with Crippen LogP contribution in [0, 0.1) is 14.9 Å². The summed E-state index contributed by atoms with van der Waals surface area (Å²) >= 11 is 5.53. The molecule has 0 fully saturated rings. The van der Waals surface area contributed by atoms with Gasteiger partial charge in [-0.1, -0.05) is 15.9 Å². The number of alkyl halides is 1. The molecule has 0 amide bonds. The van der Waals surface area contributed by atoms with E-state index in [0.717, 1.165) is 20.2 Å². The van der Waals surface area contributed by atoms with Crippen LogP contribution in [-0.2, 0) is 5.33 Å². The van der Waals surface area contributed by atoms with E-state index in [1.54, 1.807) is 13.2 Å². The van der Waals surface area contributed by atoms with Crippen LogP contribution in [0.25, 0.3) is 0 Å². The number of methoxy groups -OCH3 is 1. The van der Waals surface area contributed by atoms with Gasteiger partial charge in [-0.15, -0.1) is 0 Å². The molecule has 0 aliphatic carbocycles. The first-order chi connectivity index (χ1) is 6.22. The van der Waals surface area contributed by atoms with Crippen molar-refractivity contribution in [2.75, 3.05) is 7.11 Å². The second kappa shape index (κ2) is 4.82. The molecule has 1 rings (SSSR count). The van der Waals surface area contributed by atoms with E-state index in [4.69, 9.17) is 10.00 Å². The van der Waals surface area contributed by atoms with Gasteiger partial charge < -0.3 is 4.74 Å². The number of nitriles is 1. The normalized spacial score (nSPS) is 9.38. The number of nitrogens with zero attached hydrogens (tertiary/aromatic N) is 1. The molecule has 0 atom stereocenters. The Morgan fingerprint density at radius 2 is 2.31 bits per heavy atom. The maximum absolute atomic E-state index is 8.83. The number of rotatable bonds is 2. The van der Waals surface area contributed by atoms with Crippen LogP contribution in [0.1, 0.15) is 11.1 Å². The smallest absolute Gasteiger partial charge is 0.120 e. The first kappa shape index (κ1) is 10.8. The van der Waals surface area contributed by atoms with Gasteiger partial charge in [0.05, 0.1) is 12.7 Å². The molecular formula is C9H7BrINO. The summed E-state index contributed by atoms with van der Waals surface area (Å²) in [7, 11) is 1.60. The van der Waals surface area contributed by atoms with Crippen molar-refractivity contribution < 1.29 is 4.74 Å². The Labute approximate surface area is 99.2 Å². The molecule has 0 saturated heterocycles. The molecule has 0 spiro atoms. The van der Waals surface area contributed by atoms with Crippen molar-refractivity contribution in [3.63, 3.8) is 0 Å². The van der Waals surface area contributed by atoms with Crippen LogP contribution in [0.4, 0.5) is 0 Å². The molecule has 0 unspecified atom stereocenters. The second-order valence-corrected chi connectivity index (χ2v) is 4.03. The first-order valence-corrected chi connectivity index (χ1v) is 5.75. The number of hydrogen-bond donors (Lipinski definition) is 0. The first-order valence-electron chi connectivity index (χ1n) is 3.55. The van der Waals surface area contributed by atoms with Gasteiger partial charge in [0.1, 0.15) is 11.8 Å². The number of ether oxygens (including phenoxy) is 1. The van der Waals surface area contributed by atoms with E-state index in [9.17, 15) is 0 Å². The topological polar surface area (TPSA) is 33.0 Å². The van der Waals surface area contributed by atoms with Gasteiger partial charge in [0, 0.05) is 8.90 Å². The zero-order valence-electron chi connectivity index (χ0n) is 6.97. The molecular weight excluding hydrogens is 345 g/mol. The van der Waals surface area contributed by atoms with Gasteiger partial charge in [-0.2, -0.15) is 5.26 Å². The average molecular weight is 352 g/mol. The van der Waals surface area contributed by atoms with Crippen LogP contribution in [0.3, 0.4) is 0 Å². The zero-order chi connectivity index (χ0) is 9.84. The van der Waals surface area contributed by atoms with Crippen molar-refractivity contribution in [2.45, 2.75) is 5.33 Å². The SMILES string of the molecule is COc1cc(C#N)c(I)c(CBr)c1. The zero-order valence-corrected chi connectivity index (χ0v) is 10.7. The highest BCUT2D eigenvalue weighted by Crippen LogP contribution is 2.25. The summed E-state index contributed by atoms with van der Waals surface area (Å²) in [6.07, 6.45) is 0. The van der Waals surface area contributed by atoms with Crippen molar-refractivity contribution in [3.05, 3.63) is 26.8 Å². The third kappa shape index (κ3) is 2.35. The fraction of sp³-hybridized carbons (Fsp3) is 0.222. The van der Waals surface area contributed by atoms with E-state index in [1.807, 2.05) is 6.07 Å². The second-order valence-electron chi connectivity index (χ2n) is 2.39. The monoisotopic (exact) mass is 351 g/mol. The summed E-state index contributed by atoms with van der Waals surface area (Å²) in [4.78, 5) is 0. The average Bonchev–Trinajstić information content (AvgIpc) is 2.18. The van der Waals surface area contributed by atoms with Crippen molar-refractivity contribution in [2.24, 2.45) is 0 Å². The number of benzene rings is 1. The Kier molecular flexibility index (Phi) is 4.00. The molecule has 13 heavy (non-hydrogen) atoms. The third-order valence-electron chi connectivity index (χ3n) is 1.62. The van der Waals surface area contributed by atoms with E-state index in [0.29, 0.717) is 5.56 Å². The summed E-state index contributed by atoms with van der Waals surface area (Å²) in [5.41, 5.74) is 1.74. The minimum absolute atomic E-state index is 0.661. The van der Waals surface area contributed by atoms with Gasteiger partial charge in [0.15, 0.2) is 0 Å². The molecule has 1 aromatic carbocycles. The molecule has 2 nitrogen and oxygen atoms in total. The molecule has 0 saturated carbocycles. The van der Waals surface area contributed by atoms with Crippen LogP contribution < -0.4 is 4.74 Å².